The molecule has 0 spiro atoms. The van der Waals surface area contributed by atoms with Crippen LogP contribution in [0.15, 0.2) is 47.6 Å². The van der Waals surface area contributed by atoms with Crippen LogP contribution in [-0.4, -0.2) is 20.7 Å². The Morgan fingerprint density at radius 2 is 1.94 bits per heavy atom. The molecule has 3 aromatic rings. The highest BCUT2D eigenvalue weighted by atomic mass is 35.5. The lowest BCUT2D eigenvalue weighted by molar-refractivity contribution is -0.126. The lowest BCUT2D eigenvalue weighted by atomic mass is 9.89. The van der Waals surface area contributed by atoms with Gasteiger partial charge in [-0.1, -0.05) is 84.1 Å². The topological polar surface area (TPSA) is 59.8 Å². The number of rotatable bonds is 7. The van der Waals surface area contributed by atoms with Gasteiger partial charge in [0.1, 0.15) is 0 Å². The molecule has 0 unspecified atom stereocenters. The molecular formula is C24H26Cl2N4OS. The SMILES string of the molecule is Cc1cccc(CSc2nnc(CNC(=O)C3CCCCC3)n2-c2ccc(Cl)cc2Cl)c1. The van der Waals surface area contributed by atoms with Crippen LogP contribution in [0.3, 0.4) is 0 Å². The molecule has 1 heterocycles. The molecule has 1 saturated carbocycles. The summed E-state index contributed by atoms with van der Waals surface area (Å²) >= 11 is 14.2. The quantitative estimate of drug-likeness (QED) is 0.392. The maximum absolute atomic E-state index is 12.7. The van der Waals surface area contributed by atoms with Crippen molar-refractivity contribution in [3.8, 4) is 5.69 Å². The van der Waals surface area contributed by atoms with Gasteiger partial charge in [0.05, 0.1) is 17.3 Å². The van der Waals surface area contributed by atoms with E-state index in [1.54, 1.807) is 23.9 Å². The van der Waals surface area contributed by atoms with E-state index in [-0.39, 0.29) is 11.8 Å². The van der Waals surface area contributed by atoms with Crippen molar-refractivity contribution >= 4 is 40.9 Å². The summed E-state index contributed by atoms with van der Waals surface area (Å²) in [4.78, 5) is 12.7. The number of carbonyl (C=O) groups excluding carboxylic acids is 1. The van der Waals surface area contributed by atoms with Crippen molar-refractivity contribution in [1.29, 1.82) is 0 Å². The number of aryl methyl sites for hydroxylation is 1. The normalized spacial score (nSPS) is 14.5. The molecule has 5 nitrogen and oxygen atoms in total. The second-order valence-electron chi connectivity index (χ2n) is 8.16. The van der Waals surface area contributed by atoms with Crippen LogP contribution in [0.2, 0.25) is 10.0 Å². The summed E-state index contributed by atoms with van der Waals surface area (Å²) in [5, 5.41) is 13.7. The number of nitrogens with one attached hydrogen (secondary N) is 1. The van der Waals surface area contributed by atoms with Crippen molar-refractivity contribution in [1.82, 2.24) is 20.1 Å². The number of hydrogen-bond acceptors (Lipinski definition) is 4. The van der Waals surface area contributed by atoms with E-state index in [2.05, 4.69) is 46.7 Å². The zero-order valence-electron chi connectivity index (χ0n) is 18.0. The van der Waals surface area contributed by atoms with Gasteiger partial charge in [-0.3, -0.25) is 9.36 Å². The Hall–Kier alpha value is -2.02. The molecule has 0 saturated heterocycles. The molecule has 1 amide bonds. The molecule has 1 fully saturated rings. The third kappa shape index (κ3) is 5.66. The van der Waals surface area contributed by atoms with Gasteiger partial charge in [-0.15, -0.1) is 10.2 Å². The lowest BCUT2D eigenvalue weighted by Gasteiger charge is -2.20. The van der Waals surface area contributed by atoms with Crippen molar-refractivity contribution in [3.63, 3.8) is 0 Å². The molecule has 1 aliphatic rings. The Morgan fingerprint density at radius 1 is 1.12 bits per heavy atom. The molecule has 1 aliphatic carbocycles. The number of aromatic nitrogens is 3. The first-order valence-corrected chi connectivity index (χ1v) is 12.6. The number of halogens is 2. The van der Waals surface area contributed by atoms with Crippen LogP contribution in [0.5, 0.6) is 0 Å². The van der Waals surface area contributed by atoms with Gasteiger partial charge < -0.3 is 5.32 Å². The molecular weight excluding hydrogens is 463 g/mol. The van der Waals surface area contributed by atoms with Crippen LogP contribution in [-0.2, 0) is 17.1 Å². The summed E-state index contributed by atoms with van der Waals surface area (Å²) in [6.45, 7) is 2.38. The third-order valence-corrected chi connectivity index (χ3v) is 7.24. The molecule has 0 bridgehead atoms. The minimum absolute atomic E-state index is 0.0920. The highest BCUT2D eigenvalue weighted by Crippen LogP contribution is 2.31. The van der Waals surface area contributed by atoms with Crippen LogP contribution in [0.4, 0.5) is 0 Å². The summed E-state index contributed by atoms with van der Waals surface area (Å²) in [6, 6.07) is 13.8. The Morgan fingerprint density at radius 3 is 2.69 bits per heavy atom. The van der Waals surface area contributed by atoms with E-state index in [0.717, 1.165) is 42.3 Å². The zero-order valence-corrected chi connectivity index (χ0v) is 20.3. The summed E-state index contributed by atoms with van der Waals surface area (Å²) in [7, 11) is 0. The molecule has 32 heavy (non-hydrogen) atoms. The zero-order chi connectivity index (χ0) is 22.5. The molecule has 0 radical (unpaired) electrons. The first-order chi connectivity index (χ1) is 15.5. The Balaban J connectivity index is 1.57. The maximum Gasteiger partial charge on any atom is 0.223 e. The standard InChI is InChI=1S/C24H26Cl2N4OS/c1-16-6-5-7-17(12-16)15-32-24-29-28-22(14-27-23(31)18-8-3-2-4-9-18)30(24)21-11-10-19(25)13-20(21)26/h5-7,10-13,18H,2-4,8-9,14-15H2,1H3,(H,27,31). The molecule has 2 aromatic carbocycles. The molecule has 4 rings (SSSR count). The number of amides is 1. The fraction of sp³-hybridized carbons (Fsp3) is 0.375. The number of benzene rings is 2. The van der Waals surface area contributed by atoms with Crippen LogP contribution < -0.4 is 5.32 Å². The number of thioether (sulfide) groups is 1. The Bertz CT molecular complexity index is 1100. The number of carbonyl (C=O) groups is 1. The first kappa shape index (κ1) is 23.1. The molecule has 0 atom stereocenters. The van der Waals surface area contributed by atoms with Gasteiger partial charge in [0, 0.05) is 16.7 Å². The van der Waals surface area contributed by atoms with Crippen LogP contribution in [0.1, 0.15) is 49.1 Å². The van der Waals surface area contributed by atoms with E-state index in [1.165, 1.54) is 17.5 Å². The Labute approximate surface area is 202 Å². The van der Waals surface area contributed by atoms with Crippen LogP contribution in [0, 0.1) is 12.8 Å². The summed E-state index contributed by atoms with van der Waals surface area (Å²) in [5.41, 5.74) is 3.17. The monoisotopic (exact) mass is 488 g/mol. The van der Waals surface area contributed by atoms with Gasteiger partial charge >= 0.3 is 0 Å². The van der Waals surface area contributed by atoms with E-state index in [4.69, 9.17) is 23.2 Å². The summed E-state index contributed by atoms with van der Waals surface area (Å²) in [6.07, 6.45) is 5.37. The van der Waals surface area contributed by atoms with Crippen LogP contribution >= 0.6 is 35.0 Å². The second-order valence-corrected chi connectivity index (χ2v) is 9.95. The first-order valence-electron chi connectivity index (χ1n) is 10.9. The average Bonchev–Trinajstić information content (AvgIpc) is 3.19. The van der Waals surface area contributed by atoms with E-state index in [0.29, 0.717) is 22.4 Å². The van der Waals surface area contributed by atoms with E-state index >= 15 is 0 Å². The summed E-state index contributed by atoms with van der Waals surface area (Å²) < 4.78 is 1.92. The molecule has 168 valence electrons. The molecule has 0 aliphatic heterocycles. The second kappa shape index (κ2) is 10.7. The molecule has 1 N–H and O–H groups in total. The molecule has 1 aromatic heterocycles. The number of nitrogens with zero attached hydrogens (tertiary/aromatic N) is 3. The number of hydrogen-bond donors (Lipinski definition) is 1. The fourth-order valence-electron chi connectivity index (χ4n) is 4.04. The smallest absolute Gasteiger partial charge is 0.223 e. The molecule has 8 heteroatoms. The maximum atomic E-state index is 12.7. The predicted octanol–water partition coefficient (Wildman–Crippen LogP) is 6.37. The van der Waals surface area contributed by atoms with E-state index < -0.39 is 0 Å². The minimum atomic E-state index is 0.0920. The average molecular weight is 489 g/mol. The van der Waals surface area contributed by atoms with Crippen LogP contribution in [0.25, 0.3) is 5.69 Å². The highest BCUT2D eigenvalue weighted by molar-refractivity contribution is 7.98. The van der Waals surface area contributed by atoms with Gasteiger partial charge in [-0.2, -0.15) is 0 Å². The Kier molecular flexibility index (Phi) is 7.76. The van der Waals surface area contributed by atoms with Gasteiger partial charge in [-0.05, 0) is 43.5 Å². The van der Waals surface area contributed by atoms with Gasteiger partial charge in [0.2, 0.25) is 5.91 Å². The van der Waals surface area contributed by atoms with E-state index in [1.807, 2.05) is 10.6 Å². The predicted molar refractivity (Wildman–Crippen MR) is 131 cm³/mol. The van der Waals surface area contributed by atoms with Crippen molar-refractivity contribution in [2.45, 2.75) is 56.5 Å². The van der Waals surface area contributed by atoms with Gasteiger partial charge in [0.25, 0.3) is 0 Å². The lowest BCUT2D eigenvalue weighted by Crippen LogP contribution is -2.32. The van der Waals surface area contributed by atoms with Gasteiger partial charge in [0.15, 0.2) is 11.0 Å². The summed E-state index contributed by atoms with van der Waals surface area (Å²) in [5.74, 6) is 1.58. The van der Waals surface area contributed by atoms with Crippen molar-refractivity contribution in [2.24, 2.45) is 5.92 Å². The van der Waals surface area contributed by atoms with E-state index in [9.17, 15) is 4.79 Å². The van der Waals surface area contributed by atoms with Gasteiger partial charge in [-0.25, -0.2) is 0 Å². The minimum Gasteiger partial charge on any atom is -0.349 e. The van der Waals surface area contributed by atoms with Crippen molar-refractivity contribution in [3.05, 3.63) is 69.5 Å². The highest BCUT2D eigenvalue weighted by Gasteiger charge is 2.23. The van der Waals surface area contributed by atoms with Crippen molar-refractivity contribution < 1.29 is 4.79 Å². The third-order valence-electron chi connectivity index (χ3n) is 5.70. The largest absolute Gasteiger partial charge is 0.349 e. The van der Waals surface area contributed by atoms with Crippen molar-refractivity contribution in [2.75, 3.05) is 0 Å². The fourth-order valence-corrected chi connectivity index (χ4v) is 5.44.